The van der Waals surface area contributed by atoms with Crippen LogP contribution < -0.4 is 10.2 Å². The van der Waals surface area contributed by atoms with Gasteiger partial charge >= 0.3 is 0 Å². The number of aromatic amines is 2. The first-order valence-corrected chi connectivity index (χ1v) is 13.9. The van der Waals surface area contributed by atoms with Crippen LogP contribution in [0.4, 0.5) is 17.2 Å². The number of aromatic nitrogens is 6. The molecule has 0 unspecified atom stereocenters. The monoisotopic (exact) mass is 575 g/mol. The van der Waals surface area contributed by atoms with Crippen molar-refractivity contribution >= 4 is 45.6 Å². The van der Waals surface area contributed by atoms with E-state index in [0.717, 1.165) is 39.0 Å². The van der Waals surface area contributed by atoms with E-state index in [4.69, 9.17) is 16.6 Å². The van der Waals surface area contributed by atoms with Gasteiger partial charge in [-0.3, -0.25) is 14.9 Å². The fourth-order valence-electron chi connectivity index (χ4n) is 5.20. The zero-order valence-corrected chi connectivity index (χ0v) is 23.2. The average Bonchev–Trinajstić information content (AvgIpc) is 3.72. The number of nitrogens with one attached hydrogen (secondary N) is 3. The minimum absolute atomic E-state index is 0.0190. The number of carbonyl (C=O) groups excluding carboxylic acids is 1. The highest BCUT2D eigenvalue weighted by atomic mass is 35.5. The van der Waals surface area contributed by atoms with Gasteiger partial charge in [-0.1, -0.05) is 35.9 Å². The third-order valence-corrected chi connectivity index (χ3v) is 7.71. The fraction of sp³-hybridized carbons (Fsp3) is 0.129. The molecule has 11 heteroatoms. The van der Waals surface area contributed by atoms with Gasteiger partial charge < -0.3 is 20.1 Å². The molecule has 1 fully saturated rings. The Morgan fingerprint density at radius 1 is 0.881 bits per heavy atom. The van der Waals surface area contributed by atoms with Crippen molar-refractivity contribution in [2.45, 2.75) is 0 Å². The van der Waals surface area contributed by atoms with Crippen LogP contribution >= 0.6 is 11.6 Å². The quantitative estimate of drug-likeness (QED) is 0.231. The number of benzene rings is 2. The predicted molar refractivity (Wildman–Crippen MR) is 164 cm³/mol. The van der Waals surface area contributed by atoms with E-state index in [0.29, 0.717) is 48.5 Å². The number of amides is 1. The third kappa shape index (κ3) is 5.15. The van der Waals surface area contributed by atoms with Crippen LogP contribution in [0.2, 0.25) is 5.02 Å². The molecule has 0 spiro atoms. The van der Waals surface area contributed by atoms with Crippen molar-refractivity contribution in [1.29, 1.82) is 0 Å². The lowest BCUT2D eigenvalue weighted by Gasteiger charge is -2.36. The van der Waals surface area contributed by atoms with Gasteiger partial charge in [-0.15, -0.1) is 0 Å². The zero-order chi connectivity index (χ0) is 28.5. The Hall–Kier alpha value is -5.22. The molecule has 42 heavy (non-hydrogen) atoms. The van der Waals surface area contributed by atoms with E-state index >= 15 is 0 Å². The molecule has 1 amide bonds. The van der Waals surface area contributed by atoms with Crippen LogP contribution in [0, 0.1) is 0 Å². The Kier molecular flexibility index (Phi) is 6.73. The van der Waals surface area contributed by atoms with E-state index in [2.05, 4.69) is 35.4 Å². The zero-order valence-electron chi connectivity index (χ0n) is 22.5. The second-order valence-corrected chi connectivity index (χ2v) is 10.5. The highest BCUT2D eigenvalue weighted by Gasteiger charge is 2.24. The van der Waals surface area contributed by atoms with E-state index < -0.39 is 0 Å². The highest BCUT2D eigenvalue weighted by molar-refractivity contribution is 6.33. The number of pyridine rings is 1. The largest absolute Gasteiger partial charge is 0.367 e. The molecule has 10 nitrogen and oxygen atoms in total. The molecule has 7 rings (SSSR count). The number of H-pyrrole nitrogens is 2. The van der Waals surface area contributed by atoms with Gasteiger partial charge in [0.1, 0.15) is 11.5 Å². The summed E-state index contributed by atoms with van der Waals surface area (Å²) in [6, 6.07) is 19.6. The summed E-state index contributed by atoms with van der Waals surface area (Å²) < 4.78 is 0. The Labute approximate surface area is 246 Å². The fourth-order valence-corrected chi connectivity index (χ4v) is 5.44. The van der Waals surface area contributed by atoms with Gasteiger partial charge in [0.05, 0.1) is 16.9 Å². The minimum atomic E-state index is -0.0190. The summed E-state index contributed by atoms with van der Waals surface area (Å²) in [5, 5.41) is 11.8. The van der Waals surface area contributed by atoms with Gasteiger partial charge in [0.2, 0.25) is 0 Å². The molecule has 0 atom stereocenters. The van der Waals surface area contributed by atoms with Crippen molar-refractivity contribution in [2.75, 3.05) is 36.4 Å². The topological polar surface area (TPSA) is 119 Å². The smallest absolute Gasteiger partial charge is 0.270 e. The standard InChI is InChI=1S/C31H26ClN9O/c32-25-19-33-9-7-28(25)40-11-13-41(14-12-40)31(42)27-15-21-1-2-22(16-26(21)38-27)30-34-10-8-29(39-30)37-24-5-3-20(4-6-24)23-17-35-36-18-23/h1-10,15-19,38H,11-14H2,(H,35,36)(H,34,37,39). The number of fused-ring (bicyclic) bond motifs is 1. The van der Waals surface area contributed by atoms with Gasteiger partial charge in [0.15, 0.2) is 5.82 Å². The van der Waals surface area contributed by atoms with Crippen LogP contribution in [0.1, 0.15) is 10.5 Å². The van der Waals surface area contributed by atoms with Crippen molar-refractivity contribution in [3.8, 4) is 22.5 Å². The van der Waals surface area contributed by atoms with Gasteiger partial charge in [-0.2, -0.15) is 5.10 Å². The summed E-state index contributed by atoms with van der Waals surface area (Å²) in [7, 11) is 0. The lowest BCUT2D eigenvalue weighted by Crippen LogP contribution is -2.49. The molecule has 2 aromatic carbocycles. The van der Waals surface area contributed by atoms with Crippen LogP contribution in [-0.4, -0.2) is 67.1 Å². The number of piperazine rings is 1. The summed E-state index contributed by atoms with van der Waals surface area (Å²) in [5.74, 6) is 1.26. The number of hydrogen-bond acceptors (Lipinski definition) is 7. The Bertz CT molecular complexity index is 1860. The van der Waals surface area contributed by atoms with Crippen molar-refractivity contribution in [1.82, 2.24) is 35.0 Å². The molecule has 1 aliphatic heterocycles. The molecule has 0 bridgehead atoms. The first-order chi connectivity index (χ1) is 20.6. The molecule has 1 saturated heterocycles. The molecular weight excluding hydrogens is 550 g/mol. The maximum absolute atomic E-state index is 13.3. The Balaban J connectivity index is 1.04. The number of anilines is 3. The normalized spacial score (nSPS) is 13.5. The molecule has 4 aromatic heterocycles. The first-order valence-electron chi connectivity index (χ1n) is 13.6. The van der Waals surface area contributed by atoms with E-state index in [9.17, 15) is 4.79 Å². The van der Waals surface area contributed by atoms with Gasteiger partial charge in [-0.05, 0) is 42.0 Å². The average molecular weight is 576 g/mol. The maximum atomic E-state index is 13.3. The van der Waals surface area contributed by atoms with E-state index in [-0.39, 0.29) is 5.91 Å². The lowest BCUT2D eigenvalue weighted by atomic mass is 10.1. The van der Waals surface area contributed by atoms with Gasteiger partial charge in [0.25, 0.3) is 5.91 Å². The first kappa shape index (κ1) is 25.7. The van der Waals surface area contributed by atoms with Gasteiger partial charge in [-0.25, -0.2) is 9.97 Å². The second kappa shape index (κ2) is 11.0. The van der Waals surface area contributed by atoms with E-state index in [1.807, 2.05) is 71.8 Å². The van der Waals surface area contributed by atoms with Crippen LogP contribution in [0.15, 0.2) is 91.6 Å². The van der Waals surface area contributed by atoms with Crippen molar-refractivity contribution in [3.63, 3.8) is 0 Å². The van der Waals surface area contributed by atoms with Crippen LogP contribution in [-0.2, 0) is 0 Å². The molecule has 0 aliphatic carbocycles. The maximum Gasteiger partial charge on any atom is 0.270 e. The van der Waals surface area contributed by atoms with Crippen LogP contribution in [0.25, 0.3) is 33.4 Å². The molecular formula is C31H26ClN9O. The van der Waals surface area contributed by atoms with E-state index in [1.165, 1.54) is 0 Å². The van der Waals surface area contributed by atoms with Crippen LogP contribution in [0.5, 0.6) is 0 Å². The number of carbonyl (C=O) groups is 1. The number of rotatable bonds is 6. The lowest BCUT2D eigenvalue weighted by molar-refractivity contribution is 0.0742. The number of nitrogens with zero attached hydrogens (tertiary/aromatic N) is 6. The molecule has 1 aliphatic rings. The predicted octanol–water partition coefficient (Wildman–Crippen LogP) is 5.77. The minimum Gasteiger partial charge on any atom is -0.367 e. The van der Waals surface area contributed by atoms with E-state index in [1.54, 1.807) is 24.8 Å². The summed E-state index contributed by atoms with van der Waals surface area (Å²) in [6.07, 6.45) is 8.77. The Morgan fingerprint density at radius 3 is 2.50 bits per heavy atom. The number of hydrogen-bond donors (Lipinski definition) is 3. The molecule has 208 valence electrons. The second-order valence-electron chi connectivity index (χ2n) is 10.0. The summed E-state index contributed by atoms with van der Waals surface area (Å²) in [4.78, 5) is 34.0. The number of halogens is 1. The van der Waals surface area contributed by atoms with Crippen molar-refractivity contribution in [3.05, 3.63) is 102 Å². The van der Waals surface area contributed by atoms with Crippen molar-refractivity contribution in [2.24, 2.45) is 0 Å². The highest BCUT2D eigenvalue weighted by Crippen LogP contribution is 2.28. The summed E-state index contributed by atoms with van der Waals surface area (Å²) in [6.45, 7) is 2.63. The van der Waals surface area contributed by atoms with Gasteiger partial charge in [0, 0.05) is 78.7 Å². The molecule has 6 aromatic rings. The molecule has 3 N–H and O–H groups in total. The molecule has 0 radical (unpaired) electrons. The third-order valence-electron chi connectivity index (χ3n) is 7.41. The SMILES string of the molecule is O=C(c1cc2ccc(-c3nccc(Nc4ccc(-c5cn[nH]c5)cc4)n3)cc2[nH]1)N1CCN(c2ccncc2Cl)CC1. The molecule has 5 heterocycles. The molecule has 0 saturated carbocycles. The summed E-state index contributed by atoms with van der Waals surface area (Å²) >= 11 is 6.32. The summed E-state index contributed by atoms with van der Waals surface area (Å²) in [5.41, 5.74) is 6.24. The van der Waals surface area contributed by atoms with Crippen molar-refractivity contribution < 1.29 is 4.79 Å². The Morgan fingerprint density at radius 2 is 1.71 bits per heavy atom. The van der Waals surface area contributed by atoms with Crippen LogP contribution in [0.3, 0.4) is 0 Å².